The molecule has 0 aromatic carbocycles. The standard InChI is InChI=1S/C19H33NO7/c1-9-25-16(23)19(15(11(2)3)26-13(5)21)14(22)12(4)10-20(19)17(24)27-18(6,7)8/h11-12,14-15,22H,9-10H2,1-8H3/t12-,14+,15+,19+/m1/s1. The lowest BCUT2D eigenvalue weighted by Gasteiger charge is -2.44. The minimum atomic E-state index is -1.88. The lowest BCUT2D eigenvalue weighted by Crippen LogP contribution is -2.68. The van der Waals surface area contributed by atoms with E-state index in [0.717, 1.165) is 0 Å². The summed E-state index contributed by atoms with van der Waals surface area (Å²) in [5.41, 5.74) is -2.68. The number of esters is 2. The van der Waals surface area contributed by atoms with Crippen LogP contribution in [-0.4, -0.2) is 64.5 Å². The van der Waals surface area contributed by atoms with Crippen molar-refractivity contribution in [2.75, 3.05) is 13.2 Å². The SMILES string of the molecule is CCOC(=O)[C@@]1([C@@H](OC(C)=O)C(C)C)[C@@H](O)[C@H](C)CN1C(=O)OC(C)(C)C. The molecule has 1 aliphatic rings. The Balaban J connectivity index is 3.59. The van der Waals surface area contributed by atoms with Crippen molar-refractivity contribution in [3.63, 3.8) is 0 Å². The van der Waals surface area contributed by atoms with Crippen LogP contribution in [0.5, 0.6) is 0 Å². The fourth-order valence-electron chi connectivity index (χ4n) is 3.50. The summed E-state index contributed by atoms with van der Waals surface area (Å²) >= 11 is 0. The third kappa shape index (κ3) is 4.72. The van der Waals surface area contributed by atoms with Gasteiger partial charge < -0.3 is 19.3 Å². The van der Waals surface area contributed by atoms with Gasteiger partial charge in [-0.3, -0.25) is 9.69 Å². The molecular weight excluding hydrogens is 354 g/mol. The molecule has 0 saturated carbocycles. The summed E-state index contributed by atoms with van der Waals surface area (Å²) in [4.78, 5) is 38.9. The second-order valence-electron chi connectivity index (χ2n) is 8.33. The molecule has 1 heterocycles. The van der Waals surface area contributed by atoms with Gasteiger partial charge in [0.1, 0.15) is 11.7 Å². The molecule has 1 aliphatic heterocycles. The summed E-state index contributed by atoms with van der Waals surface area (Å²) in [5, 5.41) is 11.0. The minimum Gasteiger partial charge on any atom is -0.464 e. The van der Waals surface area contributed by atoms with Crippen LogP contribution in [0.25, 0.3) is 0 Å². The van der Waals surface area contributed by atoms with Gasteiger partial charge in [-0.15, -0.1) is 0 Å². The van der Waals surface area contributed by atoms with Crippen LogP contribution in [0.3, 0.4) is 0 Å². The molecule has 156 valence electrons. The van der Waals surface area contributed by atoms with E-state index < -0.39 is 47.3 Å². The summed E-state index contributed by atoms with van der Waals surface area (Å²) in [7, 11) is 0. The van der Waals surface area contributed by atoms with Crippen molar-refractivity contribution in [3.05, 3.63) is 0 Å². The number of carbonyl (C=O) groups excluding carboxylic acids is 3. The molecule has 0 bridgehead atoms. The average Bonchev–Trinajstić information content (AvgIpc) is 2.76. The quantitative estimate of drug-likeness (QED) is 0.569. The number of ether oxygens (including phenoxy) is 3. The third-order valence-electron chi connectivity index (χ3n) is 4.46. The molecule has 1 N–H and O–H groups in total. The normalized spacial score (nSPS) is 26.7. The lowest BCUT2D eigenvalue weighted by molar-refractivity contribution is -0.185. The Labute approximate surface area is 161 Å². The maximum atomic E-state index is 13.1. The number of likely N-dealkylation sites (tertiary alicyclic amines) is 1. The lowest BCUT2D eigenvalue weighted by atomic mass is 9.79. The van der Waals surface area contributed by atoms with Crippen LogP contribution in [0.4, 0.5) is 4.79 Å². The molecule has 0 aromatic rings. The molecule has 0 spiro atoms. The zero-order valence-electron chi connectivity index (χ0n) is 17.6. The van der Waals surface area contributed by atoms with Gasteiger partial charge in [0, 0.05) is 19.4 Å². The van der Waals surface area contributed by atoms with Crippen molar-refractivity contribution in [2.24, 2.45) is 11.8 Å². The second kappa shape index (κ2) is 8.46. The van der Waals surface area contributed by atoms with E-state index in [1.54, 1.807) is 48.5 Å². The number of aliphatic hydroxyl groups is 1. The van der Waals surface area contributed by atoms with E-state index in [1.807, 2.05) is 0 Å². The Morgan fingerprint density at radius 1 is 1.26 bits per heavy atom. The second-order valence-corrected chi connectivity index (χ2v) is 8.33. The van der Waals surface area contributed by atoms with Crippen LogP contribution < -0.4 is 0 Å². The number of hydrogen-bond donors (Lipinski definition) is 1. The fourth-order valence-corrected chi connectivity index (χ4v) is 3.50. The maximum absolute atomic E-state index is 13.1. The molecule has 27 heavy (non-hydrogen) atoms. The Bertz CT molecular complexity index is 569. The number of rotatable bonds is 5. The van der Waals surface area contributed by atoms with Gasteiger partial charge in [-0.2, -0.15) is 0 Å². The first-order valence-corrected chi connectivity index (χ1v) is 9.32. The highest BCUT2D eigenvalue weighted by Gasteiger charge is 2.67. The predicted octanol–water partition coefficient (Wildman–Crippen LogP) is 2.12. The molecule has 4 atom stereocenters. The maximum Gasteiger partial charge on any atom is 0.411 e. The highest BCUT2D eigenvalue weighted by molar-refractivity contribution is 5.89. The molecule has 0 unspecified atom stereocenters. The van der Waals surface area contributed by atoms with Crippen LogP contribution in [0, 0.1) is 11.8 Å². The van der Waals surface area contributed by atoms with Gasteiger partial charge in [0.05, 0.1) is 12.7 Å². The van der Waals surface area contributed by atoms with Crippen LogP contribution in [0.1, 0.15) is 55.4 Å². The van der Waals surface area contributed by atoms with Crippen molar-refractivity contribution >= 4 is 18.0 Å². The van der Waals surface area contributed by atoms with E-state index in [2.05, 4.69) is 0 Å². The van der Waals surface area contributed by atoms with Gasteiger partial charge in [-0.05, 0) is 33.6 Å². The van der Waals surface area contributed by atoms with Crippen molar-refractivity contribution in [3.8, 4) is 0 Å². The van der Waals surface area contributed by atoms with Crippen LogP contribution in [-0.2, 0) is 23.8 Å². The summed E-state index contributed by atoms with van der Waals surface area (Å²) in [5.74, 6) is -2.25. The number of carbonyl (C=O) groups is 3. The van der Waals surface area contributed by atoms with Gasteiger partial charge in [-0.1, -0.05) is 20.8 Å². The van der Waals surface area contributed by atoms with Gasteiger partial charge in [0.25, 0.3) is 0 Å². The van der Waals surface area contributed by atoms with Crippen molar-refractivity contribution in [2.45, 2.75) is 78.7 Å². The summed E-state index contributed by atoms with van der Waals surface area (Å²) in [6, 6.07) is 0. The predicted molar refractivity (Wildman–Crippen MR) is 97.9 cm³/mol. The smallest absolute Gasteiger partial charge is 0.411 e. The monoisotopic (exact) mass is 387 g/mol. The van der Waals surface area contributed by atoms with Crippen molar-refractivity contribution in [1.82, 2.24) is 4.90 Å². The summed E-state index contributed by atoms with van der Waals surface area (Å²) in [6.07, 6.45) is -3.14. The third-order valence-corrected chi connectivity index (χ3v) is 4.46. The molecule has 0 aromatic heterocycles. The zero-order valence-corrected chi connectivity index (χ0v) is 17.6. The van der Waals surface area contributed by atoms with E-state index in [1.165, 1.54) is 11.8 Å². The molecule has 1 fully saturated rings. The first-order chi connectivity index (χ1) is 12.3. The fraction of sp³-hybridized carbons (Fsp3) is 0.842. The minimum absolute atomic E-state index is 0.0503. The van der Waals surface area contributed by atoms with Crippen LogP contribution >= 0.6 is 0 Å². The van der Waals surface area contributed by atoms with Gasteiger partial charge in [-0.25, -0.2) is 9.59 Å². The van der Waals surface area contributed by atoms with Gasteiger partial charge in [0.15, 0.2) is 0 Å². The zero-order chi connectivity index (χ0) is 21.2. The molecule has 8 nitrogen and oxygen atoms in total. The van der Waals surface area contributed by atoms with E-state index in [9.17, 15) is 19.5 Å². The molecule has 8 heteroatoms. The van der Waals surface area contributed by atoms with E-state index in [-0.39, 0.29) is 19.1 Å². The van der Waals surface area contributed by atoms with E-state index in [0.29, 0.717) is 0 Å². The molecule has 1 amide bonds. The number of nitrogens with zero attached hydrogens (tertiary/aromatic N) is 1. The first-order valence-electron chi connectivity index (χ1n) is 9.32. The highest BCUT2D eigenvalue weighted by Crippen LogP contribution is 2.42. The molecule has 1 rings (SSSR count). The molecule has 1 saturated heterocycles. The Morgan fingerprint density at radius 2 is 1.81 bits per heavy atom. The van der Waals surface area contributed by atoms with Crippen molar-refractivity contribution < 1.29 is 33.7 Å². The molecular formula is C19H33NO7. The average molecular weight is 387 g/mol. The molecule has 0 radical (unpaired) electrons. The molecule has 0 aliphatic carbocycles. The van der Waals surface area contributed by atoms with Gasteiger partial charge in [0.2, 0.25) is 5.54 Å². The van der Waals surface area contributed by atoms with Crippen LogP contribution in [0.2, 0.25) is 0 Å². The Morgan fingerprint density at radius 3 is 2.22 bits per heavy atom. The largest absolute Gasteiger partial charge is 0.464 e. The summed E-state index contributed by atoms with van der Waals surface area (Å²) < 4.78 is 16.1. The number of aliphatic hydroxyl groups excluding tert-OH is 1. The number of amides is 1. The Hall–Kier alpha value is -1.83. The van der Waals surface area contributed by atoms with E-state index in [4.69, 9.17) is 14.2 Å². The van der Waals surface area contributed by atoms with Crippen molar-refractivity contribution in [1.29, 1.82) is 0 Å². The highest BCUT2D eigenvalue weighted by atomic mass is 16.6. The van der Waals surface area contributed by atoms with Gasteiger partial charge >= 0.3 is 18.0 Å². The van der Waals surface area contributed by atoms with Crippen LogP contribution in [0.15, 0.2) is 0 Å². The summed E-state index contributed by atoms with van der Waals surface area (Å²) in [6.45, 7) is 13.3. The topological polar surface area (TPSA) is 102 Å². The van der Waals surface area contributed by atoms with E-state index >= 15 is 0 Å². The Kier molecular flexibility index (Phi) is 7.27. The number of hydrogen-bond acceptors (Lipinski definition) is 7. The first kappa shape index (κ1) is 23.2.